The number of rotatable bonds is 10. The number of hydrogen-bond donors (Lipinski definition) is 0. The van der Waals surface area contributed by atoms with Crippen LogP contribution in [0, 0.1) is 13.8 Å². The van der Waals surface area contributed by atoms with Crippen LogP contribution in [0.3, 0.4) is 0 Å². The van der Waals surface area contributed by atoms with E-state index in [0.717, 1.165) is 79.9 Å². The second kappa shape index (κ2) is 15.3. The topological polar surface area (TPSA) is 78.0 Å². The average Bonchev–Trinajstić information content (AvgIpc) is 3.31. The quantitative estimate of drug-likeness (QED) is 0.0779. The number of anilines is 2. The minimum absolute atomic E-state index is 0.307. The molecule has 0 radical (unpaired) electrons. The number of benzene rings is 7. The largest absolute Gasteiger partial charge is 0.371 e. The van der Waals surface area contributed by atoms with Gasteiger partial charge in [-0.1, -0.05) is 99.7 Å². The predicted molar refractivity (Wildman–Crippen MR) is 254 cm³/mol. The van der Waals surface area contributed by atoms with E-state index in [-0.39, 0.29) is 11.8 Å². The molecule has 0 atom stereocenters. The number of fused-ring (bicyclic) bond motifs is 2. The lowest BCUT2D eigenvalue weighted by molar-refractivity contribution is 0.0606. The lowest BCUT2D eigenvalue weighted by atomic mass is 9.78. The monoisotopic (exact) mass is 829 g/mol. The van der Waals surface area contributed by atoms with Crippen LogP contribution >= 0.6 is 0 Å². The van der Waals surface area contributed by atoms with Crippen LogP contribution in [0.4, 0.5) is 11.4 Å². The molecule has 314 valence electrons. The van der Waals surface area contributed by atoms with Crippen molar-refractivity contribution in [2.75, 3.05) is 29.4 Å². The zero-order valence-corrected chi connectivity index (χ0v) is 36.4. The molecule has 4 aliphatic rings. The van der Waals surface area contributed by atoms with Crippen molar-refractivity contribution in [3.63, 3.8) is 0 Å². The van der Waals surface area contributed by atoms with Crippen LogP contribution in [0.25, 0.3) is 54.6 Å². The third kappa shape index (κ3) is 5.92. The molecule has 0 aliphatic carbocycles. The summed E-state index contributed by atoms with van der Waals surface area (Å²) in [7, 11) is 0. The summed E-state index contributed by atoms with van der Waals surface area (Å²) in [5.41, 5.74) is 13.9. The minimum Gasteiger partial charge on any atom is -0.371 e. The number of carbonyl (C=O) groups is 4. The van der Waals surface area contributed by atoms with Crippen molar-refractivity contribution in [1.82, 2.24) is 4.90 Å². The molecule has 4 aliphatic heterocycles. The number of hydrogen-bond acceptors (Lipinski definition) is 5. The molecule has 0 saturated carbocycles. The predicted octanol–water partition coefficient (Wildman–Crippen LogP) is 12.6. The van der Waals surface area contributed by atoms with Crippen molar-refractivity contribution in [2.24, 2.45) is 0 Å². The summed E-state index contributed by atoms with van der Waals surface area (Å²) >= 11 is 0. The number of amides is 4. The lowest BCUT2D eigenvalue weighted by Gasteiger charge is -2.39. The van der Waals surface area contributed by atoms with E-state index in [1.54, 1.807) is 24.3 Å². The molecular weight excluding hydrogens is 779 g/mol. The van der Waals surface area contributed by atoms with Crippen molar-refractivity contribution in [3.05, 3.63) is 142 Å². The van der Waals surface area contributed by atoms with Gasteiger partial charge < -0.3 is 4.90 Å². The van der Waals surface area contributed by atoms with Gasteiger partial charge in [-0.3, -0.25) is 24.1 Å². The fraction of sp³-hybridized carbons (Fsp3) is 0.286. The van der Waals surface area contributed by atoms with Gasteiger partial charge in [-0.25, -0.2) is 4.90 Å². The van der Waals surface area contributed by atoms with Crippen LogP contribution in [0.2, 0.25) is 0 Å². The molecule has 7 aromatic carbocycles. The van der Waals surface area contributed by atoms with E-state index in [1.807, 2.05) is 24.3 Å². The van der Waals surface area contributed by atoms with Crippen LogP contribution in [0.5, 0.6) is 0 Å². The van der Waals surface area contributed by atoms with Crippen molar-refractivity contribution in [2.45, 2.75) is 85.0 Å². The first-order chi connectivity index (χ1) is 30.8. The second-order valence-corrected chi connectivity index (χ2v) is 18.1. The highest BCUT2D eigenvalue weighted by molar-refractivity contribution is 6.39. The number of unbranched alkanes of at least 4 members (excludes halogenated alkanes) is 5. The summed E-state index contributed by atoms with van der Waals surface area (Å²) in [6.07, 6.45) is 10.8. The van der Waals surface area contributed by atoms with Gasteiger partial charge in [-0.2, -0.15) is 0 Å². The molecule has 0 N–H and O–H groups in total. The Morgan fingerprint density at radius 3 is 1.46 bits per heavy atom. The fourth-order valence-corrected chi connectivity index (χ4v) is 11.6. The molecule has 7 nitrogen and oxygen atoms in total. The molecule has 0 fully saturated rings. The normalized spacial score (nSPS) is 15.6. The van der Waals surface area contributed by atoms with Crippen LogP contribution in [-0.4, -0.2) is 48.2 Å². The van der Waals surface area contributed by atoms with Gasteiger partial charge in [0.2, 0.25) is 0 Å². The summed E-state index contributed by atoms with van der Waals surface area (Å²) in [4.78, 5) is 61.7. The van der Waals surface area contributed by atoms with Crippen LogP contribution in [0.15, 0.2) is 97.1 Å². The molecule has 0 unspecified atom stereocenters. The first-order valence-corrected chi connectivity index (χ1v) is 23.1. The zero-order chi connectivity index (χ0) is 43.1. The Morgan fingerprint density at radius 1 is 0.492 bits per heavy atom. The Balaban J connectivity index is 0.965. The summed E-state index contributed by atoms with van der Waals surface area (Å²) in [6, 6.07) is 31.8. The lowest BCUT2D eigenvalue weighted by Crippen LogP contribution is -2.43. The number of carbonyl (C=O) groups excluding carboxylic acids is 4. The highest BCUT2D eigenvalue weighted by Crippen LogP contribution is 2.50. The first kappa shape index (κ1) is 39.3. The maximum Gasteiger partial charge on any atom is 0.265 e. The fourth-order valence-electron chi connectivity index (χ4n) is 11.6. The molecule has 0 bridgehead atoms. The molecule has 63 heavy (non-hydrogen) atoms. The van der Waals surface area contributed by atoms with E-state index in [9.17, 15) is 19.2 Å². The first-order valence-electron chi connectivity index (χ1n) is 23.1. The minimum atomic E-state index is -0.475. The summed E-state index contributed by atoms with van der Waals surface area (Å²) in [5.74, 6) is -1.69. The van der Waals surface area contributed by atoms with Crippen LogP contribution in [0.1, 0.15) is 122 Å². The van der Waals surface area contributed by atoms with E-state index in [2.05, 4.69) is 74.2 Å². The maximum atomic E-state index is 14.4. The maximum absolute atomic E-state index is 14.4. The number of imide groups is 2. The van der Waals surface area contributed by atoms with Crippen molar-refractivity contribution < 1.29 is 19.2 Å². The third-order valence-corrected chi connectivity index (χ3v) is 14.6. The van der Waals surface area contributed by atoms with Crippen molar-refractivity contribution in [3.8, 4) is 22.3 Å². The molecule has 11 rings (SSSR count). The van der Waals surface area contributed by atoms with Gasteiger partial charge in [-0.15, -0.1) is 0 Å². The standard InChI is InChI=1S/C56H51N3O4/c1-4-5-6-7-8-13-32-58-53(60)43-26-28-45-51-46(29-27-44(50(43)51)54(58)61)56(63)59(55(45)62)36-24-22-35(23-25-36)48-39-16-9-11-18-41(39)49(42-19-12-10-17-40(42)48)47-33(2)37-20-14-30-57-31-15-21-38(34(47)3)52(37)57/h9-12,16-19,22-29H,4-8,13-15,20-21,30-32H2,1-3H3. The second-order valence-electron chi connectivity index (χ2n) is 18.1. The van der Waals surface area contributed by atoms with Gasteiger partial charge in [0.25, 0.3) is 23.6 Å². The molecule has 7 heteroatoms. The van der Waals surface area contributed by atoms with Gasteiger partial charge in [0.15, 0.2) is 0 Å². The average molecular weight is 830 g/mol. The zero-order valence-electron chi connectivity index (χ0n) is 36.4. The van der Waals surface area contributed by atoms with E-state index >= 15 is 0 Å². The summed E-state index contributed by atoms with van der Waals surface area (Å²) < 4.78 is 0. The van der Waals surface area contributed by atoms with Gasteiger partial charge >= 0.3 is 0 Å². The molecule has 4 heterocycles. The van der Waals surface area contributed by atoms with E-state index in [0.29, 0.717) is 45.3 Å². The molecular formula is C56H51N3O4. The summed E-state index contributed by atoms with van der Waals surface area (Å²) in [6.45, 7) is 9.49. The number of nitrogens with zero attached hydrogens (tertiary/aromatic N) is 3. The molecule has 0 aromatic heterocycles. The highest BCUT2D eigenvalue weighted by Gasteiger charge is 2.40. The Morgan fingerprint density at radius 2 is 0.952 bits per heavy atom. The van der Waals surface area contributed by atoms with Crippen molar-refractivity contribution >= 4 is 67.3 Å². The van der Waals surface area contributed by atoms with E-state index in [4.69, 9.17) is 0 Å². The summed E-state index contributed by atoms with van der Waals surface area (Å²) in [5, 5.41) is 5.51. The molecule has 7 aromatic rings. The Labute approximate surface area is 368 Å². The van der Waals surface area contributed by atoms with Crippen LogP contribution in [-0.2, 0) is 12.8 Å². The van der Waals surface area contributed by atoms with Gasteiger partial charge in [0.05, 0.1) is 5.69 Å². The molecule has 0 spiro atoms. The molecule has 0 saturated heterocycles. The van der Waals surface area contributed by atoms with Gasteiger partial charge in [0.1, 0.15) is 0 Å². The Kier molecular flexibility index (Phi) is 9.56. The van der Waals surface area contributed by atoms with Crippen molar-refractivity contribution in [1.29, 1.82) is 0 Å². The third-order valence-electron chi connectivity index (χ3n) is 14.6. The van der Waals surface area contributed by atoms with Crippen LogP contribution < -0.4 is 9.80 Å². The Bertz CT molecular complexity index is 2960. The highest BCUT2D eigenvalue weighted by atomic mass is 16.2. The molecule has 4 amide bonds. The van der Waals surface area contributed by atoms with E-state index < -0.39 is 11.8 Å². The van der Waals surface area contributed by atoms with E-state index in [1.165, 1.54) is 78.9 Å². The Hall–Kier alpha value is -6.60. The van der Waals surface area contributed by atoms with Gasteiger partial charge in [0, 0.05) is 58.3 Å². The SMILES string of the molecule is CCCCCCCCN1C(=O)c2ccc3c4c(ccc(c24)C1=O)C(=O)N(c1ccc(-c2c4ccccc4c(-c4c(C)c5c6c(c4C)CCCN6CCC5)c4ccccc24)cc1)C3=O. The van der Waals surface area contributed by atoms with Gasteiger partial charge in [-0.05, 0) is 148 Å². The smallest absolute Gasteiger partial charge is 0.265 e.